The van der Waals surface area contributed by atoms with Gasteiger partial charge in [0, 0.05) is 44.3 Å². The van der Waals surface area contributed by atoms with Gasteiger partial charge < -0.3 is 9.80 Å². The molecule has 158 valence electrons. The van der Waals surface area contributed by atoms with E-state index >= 15 is 0 Å². The summed E-state index contributed by atoms with van der Waals surface area (Å²) < 4.78 is 23.5. The minimum absolute atomic E-state index is 0.000139. The first-order valence-corrected chi connectivity index (χ1v) is 12.2. The molecule has 3 aliphatic rings. The van der Waals surface area contributed by atoms with Crippen molar-refractivity contribution in [3.8, 4) is 0 Å². The van der Waals surface area contributed by atoms with E-state index in [0.29, 0.717) is 44.7 Å². The minimum Gasteiger partial charge on any atom is -0.338 e. The molecular formula is C21H29N3O4S. The molecule has 2 saturated heterocycles. The Hall–Kier alpha value is -1.93. The maximum absolute atomic E-state index is 13.4. The summed E-state index contributed by atoms with van der Waals surface area (Å²) in [5, 5.41) is 0. The molecule has 0 spiro atoms. The minimum atomic E-state index is -2.91. The number of nitrogens with zero attached hydrogens (tertiary/aromatic N) is 3. The van der Waals surface area contributed by atoms with Gasteiger partial charge in [0.05, 0.1) is 11.5 Å². The van der Waals surface area contributed by atoms with Gasteiger partial charge in [-0.15, -0.1) is 0 Å². The zero-order valence-corrected chi connectivity index (χ0v) is 17.9. The Bertz CT molecular complexity index is 906. The summed E-state index contributed by atoms with van der Waals surface area (Å²) in [6.07, 6.45) is 0.686. The summed E-state index contributed by atoms with van der Waals surface area (Å²) in [7, 11) is -2.91. The maximum atomic E-state index is 13.4. The van der Waals surface area contributed by atoms with Crippen molar-refractivity contribution in [2.24, 2.45) is 5.92 Å². The van der Waals surface area contributed by atoms with Crippen molar-refractivity contribution in [1.82, 2.24) is 14.7 Å². The molecule has 0 N–H and O–H groups in total. The van der Waals surface area contributed by atoms with Crippen LogP contribution < -0.4 is 0 Å². The molecule has 0 aromatic heterocycles. The fourth-order valence-electron chi connectivity index (χ4n) is 4.84. The summed E-state index contributed by atoms with van der Waals surface area (Å²) in [4.78, 5) is 32.0. The summed E-state index contributed by atoms with van der Waals surface area (Å²) >= 11 is 0. The first-order valence-electron chi connectivity index (χ1n) is 10.4. The first kappa shape index (κ1) is 20.3. The number of hydrogen-bond acceptors (Lipinski definition) is 5. The zero-order chi connectivity index (χ0) is 20.8. The topological polar surface area (TPSA) is 78.0 Å². The van der Waals surface area contributed by atoms with Crippen LogP contribution in [-0.2, 0) is 21.2 Å². The Labute approximate surface area is 172 Å². The molecule has 1 aromatic carbocycles. The smallest absolute Gasteiger partial charge is 0.255 e. The number of fused-ring (bicyclic) bond motifs is 1. The fraction of sp³-hybridized carbons (Fsp3) is 0.619. The molecule has 2 atom stereocenters. The number of hydrogen-bond donors (Lipinski definition) is 0. The van der Waals surface area contributed by atoms with E-state index in [4.69, 9.17) is 0 Å². The molecule has 0 saturated carbocycles. The zero-order valence-electron chi connectivity index (χ0n) is 17.1. The molecule has 4 rings (SSSR count). The van der Waals surface area contributed by atoms with E-state index < -0.39 is 15.9 Å². The molecule has 3 heterocycles. The van der Waals surface area contributed by atoms with Crippen LogP contribution in [0.15, 0.2) is 24.3 Å². The predicted molar refractivity (Wildman–Crippen MR) is 110 cm³/mol. The van der Waals surface area contributed by atoms with E-state index in [9.17, 15) is 18.0 Å². The summed E-state index contributed by atoms with van der Waals surface area (Å²) in [6, 6.07) is 7.15. The summed E-state index contributed by atoms with van der Waals surface area (Å²) in [6.45, 7) is 6.97. The van der Waals surface area contributed by atoms with Crippen LogP contribution in [0, 0.1) is 5.92 Å². The summed E-state index contributed by atoms with van der Waals surface area (Å²) in [5.74, 6) is 0.445. The molecule has 0 aliphatic carbocycles. The average molecular weight is 420 g/mol. The maximum Gasteiger partial charge on any atom is 0.255 e. The lowest BCUT2D eigenvalue weighted by molar-refractivity contribution is -0.139. The van der Waals surface area contributed by atoms with Crippen LogP contribution in [-0.4, -0.2) is 84.7 Å². The Morgan fingerprint density at radius 2 is 1.79 bits per heavy atom. The third-order valence-electron chi connectivity index (χ3n) is 6.42. The Morgan fingerprint density at radius 3 is 2.38 bits per heavy atom. The van der Waals surface area contributed by atoms with E-state index in [1.807, 2.05) is 43.0 Å². The van der Waals surface area contributed by atoms with Crippen molar-refractivity contribution in [1.29, 1.82) is 0 Å². The lowest BCUT2D eigenvalue weighted by Crippen LogP contribution is -2.57. The van der Waals surface area contributed by atoms with Crippen molar-refractivity contribution < 1.29 is 18.0 Å². The number of rotatable bonds is 4. The highest BCUT2D eigenvalue weighted by Crippen LogP contribution is 2.28. The highest BCUT2D eigenvalue weighted by atomic mass is 32.2. The molecule has 3 aliphatic heterocycles. The Balaban J connectivity index is 1.42. The molecule has 0 unspecified atom stereocenters. The monoisotopic (exact) mass is 419 g/mol. The molecule has 2 amide bonds. The molecule has 0 bridgehead atoms. The standard InChI is InChI=1S/C21H29N3O4S/c1-15(2)19(24-13-16-5-3-4-6-18(16)20(24)25)21(26)23-10-8-22(9-11-23)17-7-12-29(27,28)14-17/h3-6,15,17,19H,7-14H2,1-2H3/t17-,19+/m1/s1. The Morgan fingerprint density at radius 1 is 1.10 bits per heavy atom. The van der Waals surface area contributed by atoms with Gasteiger partial charge in [0.25, 0.3) is 5.91 Å². The van der Waals surface area contributed by atoms with Crippen LogP contribution in [0.25, 0.3) is 0 Å². The van der Waals surface area contributed by atoms with Crippen molar-refractivity contribution in [3.63, 3.8) is 0 Å². The van der Waals surface area contributed by atoms with Gasteiger partial charge in [0.1, 0.15) is 6.04 Å². The second kappa shape index (κ2) is 7.72. The predicted octanol–water partition coefficient (Wildman–Crippen LogP) is 0.998. The van der Waals surface area contributed by atoms with Crippen LogP contribution in [0.2, 0.25) is 0 Å². The molecule has 29 heavy (non-hydrogen) atoms. The van der Waals surface area contributed by atoms with Crippen molar-refractivity contribution in [3.05, 3.63) is 35.4 Å². The largest absolute Gasteiger partial charge is 0.338 e. The quantitative estimate of drug-likeness (QED) is 0.728. The van der Waals surface area contributed by atoms with Gasteiger partial charge in [-0.25, -0.2) is 8.42 Å². The van der Waals surface area contributed by atoms with E-state index in [-0.39, 0.29) is 35.3 Å². The normalized spacial score (nSPS) is 25.5. The average Bonchev–Trinajstić information content (AvgIpc) is 3.22. The second-order valence-corrected chi connectivity index (χ2v) is 10.9. The van der Waals surface area contributed by atoms with E-state index in [0.717, 1.165) is 5.56 Å². The number of carbonyl (C=O) groups is 2. The first-order chi connectivity index (χ1) is 13.8. The van der Waals surface area contributed by atoms with Gasteiger partial charge >= 0.3 is 0 Å². The van der Waals surface area contributed by atoms with Crippen molar-refractivity contribution in [2.75, 3.05) is 37.7 Å². The van der Waals surface area contributed by atoms with Crippen LogP contribution in [0.4, 0.5) is 0 Å². The molecule has 8 heteroatoms. The lowest BCUT2D eigenvalue weighted by atomic mass is 10.0. The second-order valence-electron chi connectivity index (χ2n) is 8.70. The highest BCUT2D eigenvalue weighted by Gasteiger charge is 2.41. The van der Waals surface area contributed by atoms with Crippen molar-refractivity contribution in [2.45, 2.75) is 38.9 Å². The van der Waals surface area contributed by atoms with Gasteiger partial charge in [-0.1, -0.05) is 32.0 Å². The number of benzene rings is 1. The van der Waals surface area contributed by atoms with E-state index in [1.54, 1.807) is 4.90 Å². The number of amides is 2. The fourth-order valence-corrected chi connectivity index (χ4v) is 6.60. The van der Waals surface area contributed by atoms with Crippen LogP contribution in [0.3, 0.4) is 0 Å². The molecule has 2 fully saturated rings. The lowest BCUT2D eigenvalue weighted by Gasteiger charge is -2.41. The van der Waals surface area contributed by atoms with Gasteiger partial charge in [-0.3, -0.25) is 14.5 Å². The summed E-state index contributed by atoms with van der Waals surface area (Å²) in [5.41, 5.74) is 1.67. The van der Waals surface area contributed by atoms with Crippen LogP contribution in [0.5, 0.6) is 0 Å². The molecule has 7 nitrogen and oxygen atoms in total. The highest BCUT2D eigenvalue weighted by molar-refractivity contribution is 7.91. The number of sulfone groups is 1. The Kier molecular flexibility index (Phi) is 5.42. The number of piperazine rings is 1. The molecule has 0 radical (unpaired) electrons. The van der Waals surface area contributed by atoms with Gasteiger partial charge in [-0.05, 0) is 24.0 Å². The molecule has 1 aromatic rings. The van der Waals surface area contributed by atoms with Crippen LogP contribution in [0.1, 0.15) is 36.2 Å². The van der Waals surface area contributed by atoms with Crippen LogP contribution >= 0.6 is 0 Å². The SMILES string of the molecule is CC(C)[C@@H](C(=O)N1CCN([C@@H]2CCS(=O)(=O)C2)CC1)N1Cc2ccccc2C1=O. The number of carbonyl (C=O) groups excluding carboxylic acids is 2. The van der Waals surface area contributed by atoms with Gasteiger partial charge in [0.15, 0.2) is 9.84 Å². The van der Waals surface area contributed by atoms with E-state index in [2.05, 4.69) is 4.90 Å². The van der Waals surface area contributed by atoms with E-state index in [1.165, 1.54) is 0 Å². The van der Waals surface area contributed by atoms with Gasteiger partial charge in [-0.2, -0.15) is 0 Å². The third kappa shape index (κ3) is 3.92. The van der Waals surface area contributed by atoms with Crippen molar-refractivity contribution >= 4 is 21.7 Å². The molecular weight excluding hydrogens is 390 g/mol. The third-order valence-corrected chi connectivity index (χ3v) is 8.17. The van der Waals surface area contributed by atoms with Gasteiger partial charge in [0.2, 0.25) is 5.91 Å².